The van der Waals surface area contributed by atoms with E-state index in [1.165, 1.54) is 0 Å². The number of nitrogens with two attached hydrogens (primary N) is 1. The molecule has 4 N–H and O–H groups in total. The maximum Gasteiger partial charge on any atom is 0.349 e. The van der Waals surface area contributed by atoms with Crippen molar-refractivity contribution in [3.63, 3.8) is 0 Å². The Morgan fingerprint density at radius 3 is 2.66 bits per heavy atom. The van der Waals surface area contributed by atoms with Crippen LogP contribution in [-0.4, -0.2) is 65.3 Å². The van der Waals surface area contributed by atoms with E-state index in [-0.39, 0.29) is 5.69 Å². The average Bonchev–Trinajstić information content (AvgIpc) is 2.80. The minimum atomic E-state index is -0.245. The van der Waals surface area contributed by atoms with E-state index in [2.05, 4.69) is 25.5 Å². The van der Waals surface area contributed by atoms with Crippen LogP contribution < -0.4 is 22.1 Å². The number of ether oxygens (including phenoxy) is 1. The first-order chi connectivity index (χ1) is 15.6. The number of hydrogen-bond donors (Lipinski definition) is 3. The zero-order chi connectivity index (χ0) is 22.6. The molecule has 0 spiro atoms. The predicted molar refractivity (Wildman–Crippen MR) is 127 cm³/mol. The molecule has 9 nitrogen and oxygen atoms in total. The van der Waals surface area contributed by atoms with Crippen LogP contribution >= 0.6 is 0 Å². The van der Waals surface area contributed by atoms with E-state index in [9.17, 15) is 4.79 Å². The van der Waals surface area contributed by atoms with Crippen LogP contribution in [0.4, 0.5) is 11.6 Å². The fourth-order valence-corrected chi connectivity index (χ4v) is 3.72. The van der Waals surface area contributed by atoms with Gasteiger partial charge in [-0.2, -0.15) is 4.98 Å². The fourth-order valence-electron chi connectivity index (χ4n) is 3.72. The summed E-state index contributed by atoms with van der Waals surface area (Å²) in [5, 5.41) is 6.19. The summed E-state index contributed by atoms with van der Waals surface area (Å²) in [5.41, 5.74) is 6.72. The first kappa shape index (κ1) is 24.3. The number of aromatic nitrogens is 3. The first-order valence-corrected chi connectivity index (χ1v) is 11.6. The predicted octanol–water partition coefficient (Wildman–Crippen LogP) is 1.71. The molecule has 1 aliphatic rings. The number of piperidine rings is 1. The maximum absolute atomic E-state index is 12.4. The number of hydrogen-bond acceptors (Lipinski definition) is 8. The number of nitrogens with one attached hydrogen (secondary N) is 2. The van der Waals surface area contributed by atoms with Crippen LogP contribution in [0.25, 0.3) is 0 Å². The van der Waals surface area contributed by atoms with E-state index in [4.69, 9.17) is 10.5 Å². The Kier molecular flexibility index (Phi) is 10.1. The summed E-state index contributed by atoms with van der Waals surface area (Å²) < 4.78 is 7.29. The highest BCUT2D eigenvalue weighted by Crippen LogP contribution is 2.12. The number of anilines is 2. The summed E-state index contributed by atoms with van der Waals surface area (Å²) in [6, 6.07) is 6.01. The lowest BCUT2D eigenvalue weighted by Crippen LogP contribution is -2.40. The molecule has 0 saturated carbocycles. The maximum atomic E-state index is 12.4. The molecule has 0 bridgehead atoms. The van der Waals surface area contributed by atoms with E-state index in [0.717, 1.165) is 63.8 Å². The van der Waals surface area contributed by atoms with Gasteiger partial charge in [-0.1, -0.05) is 6.07 Å². The van der Waals surface area contributed by atoms with Crippen molar-refractivity contribution in [3.8, 4) is 0 Å². The van der Waals surface area contributed by atoms with E-state index in [1.54, 1.807) is 17.0 Å². The minimum absolute atomic E-state index is 0.245. The molecule has 9 heteroatoms. The highest BCUT2D eigenvalue weighted by molar-refractivity contribution is 5.50. The van der Waals surface area contributed by atoms with Gasteiger partial charge in [0.05, 0.1) is 6.61 Å². The fraction of sp³-hybridized carbons (Fsp3) is 0.609. The van der Waals surface area contributed by atoms with Gasteiger partial charge in [-0.05, 0) is 83.0 Å². The molecular formula is C23H37N7O2. The molecule has 0 radical (unpaired) electrons. The highest BCUT2D eigenvalue weighted by Gasteiger charge is 2.15. The zero-order valence-corrected chi connectivity index (χ0v) is 19.1. The summed E-state index contributed by atoms with van der Waals surface area (Å²) in [7, 11) is 1.93. The van der Waals surface area contributed by atoms with Gasteiger partial charge in [0.15, 0.2) is 0 Å². The van der Waals surface area contributed by atoms with Crippen molar-refractivity contribution in [2.24, 2.45) is 5.73 Å². The molecule has 3 rings (SSSR count). The van der Waals surface area contributed by atoms with Crippen LogP contribution in [-0.2, 0) is 17.9 Å². The van der Waals surface area contributed by atoms with Crippen molar-refractivity contribution in [2.45, 2.75) is 51.3 Å². The van der Waals surface area contributed by atoms with E-state index < -0.39 is 0 Å². The molecule has 2 aromatic rings. The van der Waals surface area contributed by atoms with Crippen LogP contribution in [0.1, 0.15) is 37.7 Å². The molecule has 1 aliphatic heterocycles. The Morgan fingerprint density at radius 2 is 1.94 bits per heavy atom. The molecule has 1 saturated heterocycles. The number of pyridine rings is 1. The molecule has 1 fully saturated rings. The Balaban J connectivity index is 1.39. The van der Waals surface area contributed by atoms with Gasteiger partial charge in [0, 0.05) is 31.6 Å². The van der Waals surface area contributed by atoms with Crippen molar-refractivity contribution in [1.82, 2.24) is 24.8 Å². The molecule has 0 amide bonds. The standard InChI is InChI=1S/C23H37N7O2/c1-25-10-4-16-32-18-19-5-6-21(26-17-19)27-22-9-15-30(23(31)28-22)12-3-2-11-29-13-7-20(24)8-14-29/h5-6,9,15,17,20,25H,2-4,7-8,10-14,16,18,24H2,1H3,(H,26,27,28,31). The molecule has 176 valence electrons. The van der Waals surface area contributed by atoms with E-state index in [0.29, 0.717) is 37.4 Å². The van der Waals surface area contributed by atoms with Crippen molar-refractivity contribution < 1.29 is 4.74 Å². The Morgan fingerprint density at radius 1 is 1.12 bits per heavy atom. The van der Waals surface area contributed by atoms with Crippen molar-refractivity contribution in [1.29, 1.82) is 0 Å². The van der Waals surface area contributed by atoms with E-state index in [1.807, 2.05) is 25.2 Å². The number of rotatable bonds is 13. The third-order valence-electron chi connectivity index (χ3n) is 5.69. The molecule has 0 aromatic carbocycles. The van der Waals surface area contributed by atoms with Gasteiger partial charge in [0.1, 0.15) is 11.6 Å². The smallest absolute Gasteiger partial charge is 0.349 e. The Hall–Kier alpha value is -2.33. The zero-order valence-electron chi connectivity index (χ0n) is 19.1. The van der Waals surface area contributed by atoms with Crippen LogP contribution in [0.5, 0.6) is 0 Å². The highest BCUT2D eigenvalue weighted by atomic mass is 16.5. The van der Waals surface area contributed by atoms with Gasteiger partial charge in [0.2, 0.25) is 0 Å². The van der Waals surface area contributed by atoms with Crippen LogP contribution in [0.3, 0.4) is 0 Å². The number of aryl methyl sites for hydroxylation is 1. The van der Waals surface area contributed by atoms with Gasteiger partial charge >= 0.3 is 5.69 Å². The van der Waals surface area contributed by atoms with Crippen LogP contribution in [0, 0.1) is 0 Å². The monoisotopic (exact) mass is 443 g/mol. The lowest BCUT2D eigenvalue weighted by Gasteiger charge is -2.29. The quantitative estimate of drug-likeness (QED) is 0.401. The summed E-state index contributed by atoms with van der Waals surface area (Å²) in [5.74, 6) is 1.15. The summed E-state index contributed by atoms with van der Waals surface area (Å²) in [4.78, 5) is 23.4. The number of likely N-dealkylation sites (tertiary alicyclic amines) is 1. The third-order valence-corrected chi connectivity index (χ3v) is 5.69. The lowest BCUT2D eigenvalue weighted by atomic mass is 10.1. The number of unbranched alkanes of at least 4 members (excludes halogenated alkanes) is 1. The first-order valence-electron chi connectivity index (χ1n) is 11.6. The van der Waals surface area contributed by atoms with Gasteiger partial charge in [0.25, 0.3) is 0 Å². The second-order valence-electron chi connectivity index (χ2n) is 8.36. The van der Waals surface area contributed by atoms with Gasteiger partial charge in [-0.3, -0.25) is 4.57 Å². The molecule has 0 atom stereocenters. The van der Waals surface area contributed by atoms with Crippen LogP contribution in [0.2, 0.25) is 0 Å². The van der Waals surface area contributed by atoms with E-state index >= 15 is 0 Å². The van der Waals surface area contributed by atoms with Gasteiger partial charge in [-0.15, -0.1) is 0 Å². The Labute approximate surface area is 190 Å². The summed E-state index contributed by atoms with van der Waals surface area (Å²) in [6.45, 7) is 6.12. The topological polar surface area (TPSA) is 110 Å². The summed E-state index contributed by atoms with van der Waals surface area (Å²) in [6.07, 6.45) is 8.74. The SMILES string of the molecule is CNCCCOCc1ccc(Nc2ccn(CCCCN3CCC(N)CC3)c(=O)n2)nc1. The molecular weight excluding hydrogens is 406 g/mol. The van der Waals surface area contributed by atoms with Crippen LogP contribution in [0.15, 0.2) is 35.4 Å². The van der Waals surface area contributed by atoms with Crippen molar-refractivity contribution in [3.05, 3.63) is 46.6 Å². The van der Waals surface area contributed by atoms with Gasteiger partial charge in [-0.25, -0.2) is 9.78 Å². The minimum Gasteiger partial charge on any atom is -0.377 e. The lowest BCUT2D eigenvalue weighted by molar-refractivity contribution is 0.118. The second-order valence-corrected chi connectivity index (χ2v) is 8.36. The normalized spacial score (nSPS) is 15.2. The number of nitrogens with zero attached hydrogens (tertiary/aromatic N) is 4. The molecule has 0 unspecified atom stereocenters. The molecule has 32 heavy (non-hydrogen) atoms. The Bertz CT molecular complexity index is 848. The van der Waals surface area contributed by atoms with Crippen molar-refractivity contribution >= 4 is 11.6 Å². The molecule has 2 aromatic heterocycles. The third kappa shape index (κ3) is 8.31. The molecule has 0 aliphatic carbocycles. The summed E-state index contributed by atoms with van der Waals surface area (Å²) >= 11 is 0. The largest absolute Gasteiger partial charge is 0.377 e. The molecule has 3 heterocycles. The van der Waals surface area contributed by atoms with Crippen molar-refractivity contribution in [2.75, 3.05) is 45.2 Å². The van der Waals surface area contributed by atoms with Gasteiger partial charge < -0.3 is 26.0 Å². The second kappa shape index (κ2) is 13.3. The average molecular weight is 444 g/mol.